The first kappa shape index (κ1) is 16.6. The molecular formula is C19H19NO3S. The van der Waals surface area contributed by atoms with Crippen molar-refractivity contribution in [2.75, 3.05) is 24.3 Å². The summed E-state index contributed by atoms with van der Waals surface area (Å²) in [5.74, 6) is 0.147. The molecule has 0 aliphatic carbocycles. The largest absolute Gasteiger partial charge is 0.465 e. The monoisotopic (exact) mass is 341 g/mol. The Morgan fingerprint density at radius 3 is 2.75 bits per heavy atom. The van der Waals surface area contributed by atoms with Gasteiger partial charge in [0.25, 0.3) is 0 Å². The van der Waals surface area contributed by atoms with Crippen LogP contribution in [0.2, 0.25) is 0 Å². The van der Waals surface area contributed by atoms with Gasteiger partial charge in [0.1, 0.15) is 0 Å². The molecule has 5 heteroatoms. The number of esters is 1. The molecule has 24 heavy (non-hydrogen) atoms. The lowest BCUT2D eigenvalue weighted by Gasteiger charge is -2.17. The molecule has 1 amide bonds. The van der Waals surface area contributed by atoms with Crippen molar-refractivity contribution in [2.45, 2.75) is 18.2 Å². The maximum atomic E-state index is 12.6. The lowest BCUT2D eigenvalue weighted by molar-refractivity contribution is -0.116. The van der Waals surface area contributed by atoms with E-state index in [0.717, 1.165) is 22.6 Å². The van der Waals surface area contributed by atoms with Crippen molar-refractivity contribution in [3.63, 3.8) is 0 Å². The van der Waals surface area contributed by atoms with Crippen molar-refractivity contribution < 1.29 is 14.3 Å². The highest BCUT2D eigenvalue weighted by atomic mass is 32.2. The molecule has 0 radical (unpaired) electrons. The molecule has 124 valence electrons. The van der Waals surface area contributed by atoms with Crippen molar-refractivity contribution in [3.05, 3.63) is 59.2 Å². The number of thioether (sulfide) groups is 1. The van der Waals surface area contributed by atoms with Crippen molar-refractivity contribution in [1.29, 1.82) is 0 Å². The van der Waals surface area contributed by atoms with Crippen molar-refractivity contribution >= 4 is 29.3 Å². The van der Waals surface area contributed by atoms with Gasteiger partial charge in [0.15, 0.2) is 0 Å². The van der Waals surface area contributed by atoms with Crippen LogP contribution in [0, 0.1) is 6.92 Å². The zero-order chi connectivity index (χ0) is 17.1. The summed E-state index contributed by atoms with van der Waals surface area (Å²) in [7, 11) is 1.37. The molecule has 0 unspecified atom stereocenters. The molecule has 3 rings (SSSR count). The molecule has 2 aromatic rings. The second kappa shape index (κ2) is 7.09. The van der Waals surface area contributed by atoms with Gasteiger partial charge in [-0.1, -0.05) is 18.2 Å². The Bertz CT molecular complexity index is 788. The maximum absolute atomic E-state index is 12.6. The van der Waals surface area contributed by atoms with Gasteiger partial charge in [0.2, 0.25) is 5.91 Å². The first-order chi connectivity index (χ1) is 11.6. The van der Waals surface area contributed by atoms with Gasteiger partial charge in [-0.25, -0.2) is 4.79 Å². The molecule has 1 aliphatic heterocycles. The predicted molar refractivity (Wildman–Crippen MR) is 95.7 cm³/mol. The van der Waals surface area contributed by atoms with Crippen LogP contribution < -0.4 is 4.90 Å². The van der Waals surface area contributed by atoms with Gasteiger partial charge in [-0.3, -0.25) is 4.79 Å². The minimum absolute atomic E-state index is 0.0906. The van der Waals surface area contributed by atoms with Crippen molar-refractivity contribution in [1.82, 2.24) is 0 Å². The highest BCUT2D eigenvalue weighted by Gasteiger charge is 2.25. The average Bonchev–Trinajstić information content (AvgIpc) is 3.03. The molecule has 0 aromatic heterocycles. The normalized spacial score (nSPS) is 12.8. The van der Waals surface area contributed by atoms with Crippen LogP contribution in [0.3, 0.4) is 0 Å². The number of benzene rings is 2. The minimum atomic E-state index is -0.349. The summed E-state index contributed by atoms with van der Waals surface area (Å²) in [6, 6.07) is 13.4. The summed E-state index contributed by atoms with van der Waals surface area (Å²) in [5.41, 5.74) is 3.63. The number of hydrogen-bond donors (Lipinski definition) is 0. The predicted octanol–water partition coefficient (Wildman–Crippen LogP) is 3.46. The summed E-state index contributed by atoms with van der Waals surface area (Å²) in [6.45, 7) is 2.71. The Kier molecular flexibility index (Phi) is 4.90. The van der Waals surface area contributed by atoms with Crippen LogP contribution >= 0.6 is 11.8 Å². The number of methoxy groups -OCH3 is 1. The third-order valence-electron chi connectivity index (χ3n) is 4.14. The lowest BCUT2D eigenvalue weighted by atomic mass is 10.1. The molecule has 1 heterocycles. The van der Waals surface area contributed by atoms with Gasteiger partial charge < -0.3 is 9.64 Å². The van der Waals surface area contributed by atoms with Gasteiger partial charge in [-0.2, -0.15) is 0 Å². The second-order valence-corrected chi connectivity index (χ2v) is 6.70. The van der Waals surface area contributed by atoms with E-state index in [1.807, 2.05) is 48.2 Å². The van der Waals surface area contributed by atoms with Crippen molar-refractivity contribution in [2.24, 2.45) is 0 Å². The average molecular weight is 341 g/mol. The third-order valence-corrected chi connectivity index (χ3v) is 5.30. The van der Waals surface area contributed by atoms with E-state index >= 15 is 0 Å². The zero-order valence-corrected chi connectivity index (χ0v) is 14.6. The van der Waals surface area contributed by atoms with Gasteiger partial charge in [0, 0.05) is 17.1 Å². The number of ether oxygens (including phenoxy) is 1. The van der Waals surface area contributed by atoms with E-state index in [-0.39, 0.29) is 11.9 Å². The molecule has 4 nitrogen and oxygen atoms in total. The number of fused-ring (bicyclic) bond motifs is 1. The van der Waals surface area contributed by atoms with Gasteiger partial charge >= 0.3 is 5.97 Å². The van der Waals surface area contributed by atoms with Crippen LogP contribution in [-0.4, -0.2) is 31.3 Å². The Morgan fingerprint density at radius 2 is 2.00 bits per heavy atom. The molecule has 0 saturated heterocycles. The van der Waals surface area contributed by atoms with Crippen LogP contribution in [0.5, 0.6) is 0 Å². The van der Waals surface area contributed by atoms with Crippen LogP contribution in [-0.2, 0) is 16.0 Å². The van der Waals surface area contributed by atoms with Crippen LogP contribution in [0.25, 0.3) is 0 Å². The summed E-state index contributed by atoms with van der Waals surface area (Å²) in [4.78, 5) is 27.1. The van der Waals surface area contributed by atoms with Gasteiger partial charge in [0.05, 0.1) is 18.4 Å². The highest BCUT2D eigenvalue weighted by molar-refractivity contribution is 8.00. The van der Waals surface area contributed by atoms with Crippen LogP contribution in [0.1, 0.15) is 21.5 Å². The second-order valence-electron chi connectivity index (χ2n) is 5.68. The standard InChI is InChI=1S/C19H19NO3S/c1-13-5-3-4-6-17(13)24-12-18(21)20-10-9-14-11-15(19(22)23-2)7-8-16(14)20/h3-8,11H,9-10,12H2,1-2H3. The summed E-state index contributed by atoms with van der Waals surface area (Å²) >= 11 is 1.56. The van der Waals surface area contributed by atoms with E-state index in [1.165, 1.54) is 12.7 Å². The Balaban J connectivity index is 1.70. The molecule has 0 saturated carbocycles. The number of nitrogens with zero attached hydrogens (tertiary/aromatic N) is 1. The summed E-state index contributed by atoms with van der Waals surface area (Å²) in [5, 5.41) is 0. The zero-order valence-electron chi connectivity index (χ0n) is 13.7. The Morgan fingerprint density at radius 1 is 1.21 bits per heavy atom. The fourth-order valence-electron chi connectivity index (χ4n) is 2.84. The highest BCUT2D eigenvalue weighted by Crippen LogP contribution is 2.30. The number of carbonyl (C=O) groups is 2. The smallest absolute Gasteiger partial charge is 0.337 e. The van der Waals surface area contributed by atoms with E-state index in [0.29, 0.717) is 17.9 Å². The Hall–Kier alpha value is -2.27. The van der Waals surface area contributed by atoms with E-state index in [2.05, 4.69) is 0 Å². The molecule has 0 bridgehead atoms. The fraction of sp³-hybridized carbons (Fsp3) is 0.263. The molecule has 0 spiro atoms. The quantitative estimate of drug-likeness (QED) is 0.631. The fourth-order valence-corrected chi connectivity index (χ4v) is 3.75. The molecular weight excluding hydrogens is 322 g/mol. The lowest BCUT2D eigenvalue weighted by Crippen LogP contribution is -2.30. The maximum Gasteiger partial charge on any atom is 0.337 e. The first-order valence-electron chi connectivity index (χ1n) is 7.80. The number of amides is 1. The number of anilines is 1. The van der Waals surface area contributed by atoms with Gasteiger partial charge in [-0.15, -0.1) is 11.8 Å². The first-order valence-corrected chi connectivity index (χ1v) is 8.78. The molecule has 1 aliphatic rings. The molecule has 0 N–H and O–H groups in total. The SMILES string of the molecule is COC(=O)c1ccc2c(c1)CCN2C(=O)CSc1ccccc1C. The molecule has 2 aromatic carbocycles. The number of rotatable bonds is 4. The summed E-state index contributed by atoms with van der Waals surface area (Å²) in [6.07, 6.45) is 0.765. The Labute approximate surface area is 145 Å². The third kappa shape index (κ3) is 3.31. The summed E-state index contributed by atoms with van der Waals surface area (Å²) < 4.78 is 4.75. The number of carbonyl (C=O) groups excluding carboxylic acids is 2. The van der Waals surface area contributed by atoms with Crippen molar-refractivity contribution in [3.8, 4) is 0 Å². The van der Waals surface area contributed by atoms with Gasteiger partial charge in [-0.05, 0) is 48.7 Å². The molecule has 0 fully saturated rings. The van der Waals surface area contributed by atoms with E-state index < -0.39 is 0 Å². The van der Waals surface area contributed by atoms with E-state index in [4.69, 9.17) is 4.74 Å². The number of aryl methyl sites for hydroxylation is 1. The van der Waals surface area contributed by atoms with Crippen LogP contribution in [0.4, 0.5) is 5.69 Å². The minimum Gasteiger partial charge on any atom is -0.465 e. The van der Waals surface area contributed by atoms with Crippen LogP contribution in [0.15, 0.2) is 47.4 Å². The van der Waals surface area contributed by atoms with E-state index in [9.17, 15) is 9.59 Å². The topological polar surface area (TPSA) is 46.6 Å². The number of hydrogen-bond acceptors (Lipinski definition) is 4. The van der Waals surface area contributed by atoms with E-state index in [1.54, 1.807) is 17.8 Å². The molecule has 0 atom stereocenters.